The van der Waals surface area contributed by atoms with Crippen LogP contribution < -0.4 is 5.32 Å². The van der Waals surface area contributed by atoms with Gasteiger partial charge < -0.3 is 10.1 Å². The van der Waals surface area contributed by atoms with Crippen LogP contribution >= 0.6 is 0 Å². The van der Waals surface area contributed by atoms with Crippen LogP contribution in [0, 0.1) is 6.92 Å². The number of ether oxygens (including phenoxy) is 1. The molecule has 3 rings (SSSR count). The number of nitrogens with zero attached hydrogens (tertiary/aromatic N) is 3. The van der Waals surface area contributed by atoms with E-state index < -0.39 is 0 Å². The molecule has 0 aliphatic carbocycles. The van der Waals surface area contributed by atoms with E-state index in [0.717, 1.165) is 49.5 Å². The molecule has 22 heavy (non-hydrogen) atoms. The number of rotatable bonds is 4. The van der Waals surface area contributed by atoms with Gasteiger partial charge in [-0.2, -0.15) is 0 Å². The number of hydrogen-bond acceptors (Lipinski definition) is 5. The van der Waals surface area contributed by atoms with E-state index in [0.29, 0.717) is 0 Å². The van der Waals surface area contributed by atoms with Gasteiger partial charge in [-0.25, -0.2) is 9.97 Å². The molecule has 5 heteroatoms. The van der Waals surface area contributed by atoms with Crippen molar-refractivity contribution in [3.63, 3.8) is 0 Å². The number of morpholine rings is 1. The van der Waals surface area contributed by atoms with E-state index >= 15 is 0 Å². The molecule has 0 bridgehead atoms. The summed E-state index contributed by atoms with van der Waals surface area (Å²) in [7, 11) is 0. The third-order valence-corrected chi connectivity index (χ3v) is 4.10. The highest BCUT2D eigenvalue weighted by atomic mass is 16.5. The second kappa shape index (κ2) is 6.18. The average Bonchev–Trinajstić information content (AvgIpc) is 2.46. The van der Waals surface area contributed by atoms with Gasteiger partial charge in [-0.15, -0.1) is 0 Å². The van der Waals surface area contributed by atoms with Crippen molar-refractivity contribution in [3.05, 3.63) is 30.1 Å². The van der Waals surface area contributed by atoms with Gasteiger partial charge in [0, 0.05) is 31.6 Å². The largest absolute Gasteiger partial charge is 0.373 e. The molecule has 0 amide bonds. The third kappa shape index (κ3) is 3.36. The molecule has 0 unspecified atom stereocenters. The first-order chi connectivity index (χ1) is 10.6. The fourth-order valence-electron chi connectivity index (χ4n) is 3.05. The van der Waals surface area contributed by atoms with Crippen molar-refractivity contribution in [1.82, 2.24) is 14.9 Å². The molecule has 1 aliphatic rings. The summed E-state index contributed by atoms with van der Waals surface area (Å²) in [5, 5.41) is 4.59. The molecule has 1 N–H and O–H groups in total. The first kappa shape index (κ1) is 15.2. The van der Waals surface area contributed by atoms with E-state index in [4.69, 9.17) is 4.74 Å². The summed E-state index contributed by atoms with van der Waals surface area (Å²) in [5.41, 5.74) is 2.15. The van der Waals surface area contributed by atoms with Gasteiger partial charge in [-0.1, -0.05) is 12.1 Å². The first-order valence-electron chi connectivity index (χ1n) is 7.86. The predicted octanol–water partition coefficient (Wildman–Crippen LogP) is 2.46. The Balaban J connectivity index is 1.65. The fraction of sp³-hybridized carbons (Fsp3) is 0.529. The molecular weight excluding hydrogens is 276 g/mol. The Labute approximate surface area is 131 Å². The Kier molecular flexibility index (Phi) is 4.27. The van der Waals surface area contributed by atoms with E-state index in [1.54, 1.807) is 6.33 Å². The standard InChI is InChI=1S/C17H24N4O/c1-13-5-4-6-14-15(13)16(20-12-19-14)18-7-8-21-9-10-22-17(2,3)11-21/h4-6,12H,7-11H2,1-3H3,(H,18,19,20). The summed E-state index contributed by atoms with van der Waals surface area (Å²) >= 11 is 0. The molecule has 1 aliphatic heterocycles. The molecule has 5 nitrogen and oxygen atoms in total. The number of aromatic nitrogens is 2. The lowest BCUT2D eigenvalue weighted by Crippen LogP contribution is -2.49. The van der Waals surface area contributed by atoms with Gasteiger partial charge in [-0.3, -0.25) is 4.90 Å². The van der Waals surface area contributed by atoms with Crippen molar-refractivity contribution in [2.45, 2.75) is 26.4 Å². The van der Waals surface area contributed by atoms with Crippen LogP contribution in [0.1, 0.15) is 19.4 Å². The molecule has 0 spiro atoms. The van der Waals surface area contributed by atoms with Crippen LogP contribution in [0.5, 0.6) is 0 Å². The molecule has 2 heterocycles. The summed E-state index contributed by atoms with van der Waals surface area (Å²) in [4.78, 5) is 11.2. The third-order valence-electron chi connectivity index (χ3n) is 4.10. The summed E-state index contributed by atoms with van der Waals surface area (Å²) in [6.45, 7) is 11.0. The molecule has 1 aromatic heterocycles. The molecule has 0 atom stereocenters. The minimum Gasteiger partial charge on any atom is -0.373 e. The number of fused-ring (bicyclic) bond motifs is 1. The van der Waals surface area contributed by atoms with Crippen molar-refractivity contribution in [2.24, 2.45) is 0 Å². The highest BCUT2D eigenvalue weighted by Crippen LogP contribution is 2.22. The summed E-state index contributed by atoms with van der Waals surface area (Å²) in [6.07, 6.45) is 1.63. The second-order valence-corrected chi connectivity index (χ2v) is 6.50. The Morgan fingerprint density at radius 2 is 2.18 bits per heavy atom. The monoisotopic (exact) mass is 300 g/mol. The Morgan fingerprint density at radius 3 is 3.00 bits per heavy atom. The highest BCUT2D eigenvalue weighted by Gasteiger charge is 2.26. The maximum absolute atomic E-state index is 5.75. The van der Waals surface area contributed by atoms with Gasteiger partial charge >= 0.3 is 0 Å². The van der Waals surface area contributed by atoms with Gasteiger partial charge in [0.15, 0.2) is 0 Å². The number of anilines is 1. The van der Waals surface area contributed by atoms with Crippen LogP contribution in [0.2, 0.25) is 0 Å². The maximum atomic E-state index is 5.75. The maximum Gasteiger partial charge on any atom is 0.137 e. The van der Waals surface area contributed by atoms with Gasteiger partial charge in [0.2, 0.25) is 0 Å². The smallest absolute Gasteiger partial charge is 0.137 e. The van der Waals surface area contributed by atoms with E-state index in [2.05, 4.69) is 47.0 Å². The van der Waals surface area contributed by atoms with Crippen LogP contribution in [-0.2, 0) is 4.74 Å². The van der Waals surface area contributed by atoms with Crippen LogP contribution in [0.15, 0.2) is 24.5 Å². The molecular formula is C17H24N4O. The molecule has 0 saturated carbocycles. The molecule has 2 aromatic rings. The molecule has 1 fully saturated rings. The van der Waals surface area contributed by atoms with E-state index in [9.17, 15) is 0 Å². The lowest BCUT2D eigenvalue weighted by molar-refractivity contribution is -0.0848. The zero-order valence-electron chi connectivity index (χ0n) is 13.6. The SMILES string of the molecule is Cc1cccc2ncnc(NCCN3CCOC(C)(C)C3)c12. The lowest BCUT2D eigenvalue weighted by atomic mass is 10.1. The fourth-order valence-corrected chi connectivity index (χ4v) is 3.05. The molecule has 0 radical (unpaired) electrons. The number of aryl methyl sites for hydroxylation is 1. The molecule has 1 saturated heterocycles. The Hall–Kier alpha value is -1.72. The summed E-state index contributed by atoms with van der Waals surface area (Å²) in [5.74, 6) is 0.926. The number of nitrogens with one attached hydrogen (secondary N) is 1. The normalized spacial score (nSPS) is 18.5. The van der Waals surface area contributed by atoms with Gasteiger partial charge in [-0.05, 0) is 32.4 Å². The zero-order chi connectivity index (χ0) is 15.6. The molecule has 118 valence electrons. The van der Waals surface area contributed by atoms with Crippen LogP contribution in [0.4, 0.5) is 5.82 Å². The Bertz CT molecular complexity index is 651. The minimum absolute atomic E-state index is 0.0452. The van der Waals surface area contributed by atoms with E-state index in [1.165, 1.54) is 5.56 Å². The van der Waals surface area contributed by atoms with Crippen LogP contribution in [-0.4, -0.2) is 53.3 Å². The summed E-state index contributed by atoms with van der Waals surface area (Å²) in [6, 6.07) is 6.16. The highest BCUT2D eigenvalue weighted by molar-refractivity contribution is 5.91. The van der Waals surface area contributed by atoms with Crippen molar-refractivity contribution in [2.75, 3.05) is 38.1 Å². The number of hydrogen-bond donors (Lipinski definition) is 1. The van der Waals surface area contributed by atoms with Crippen LogP contribution in [0.3, 0.4) is 0 Å². The van der Waals surface area contributed by atoms with E-state index in [1.807, 2.05) is 12.1 Å². The first-order valence-corrected chi connectivity index (χ1v) is 7.86. The Morgan fingerprint density at radius 1 is 1.32 bits per heavy atom. The van der Waals surface area contributed by atoms with Gasteiger partial charge in [0.05, 0.1) is 17.7 Å². The zero-order valence-corrected chi connectivity index (χ0v) is 13.6. The van der Waals surface area contributed by atoms with Gasteiger partial charge in [0.1, 0.15) is 12.1 Å². The minimum atomic E-state index is -0.0452. The average molecular weight is 300 g/mol. The quantitative estimate of drug-likeness (QED) is 0.940. The lowest BCUT2D eigenvalue weighted by Gasteiger charge is -2.38. The van der Waals surface area contributed by atoms with Gasteiger partial charge in [0.25, 0.3) is 0 Å². The molecule has 1 aromatic carbocycles. The van der Waals surface area contributed by atoms with Crippen molar-refractivity contribution >= 4 is 16.7 Å². The van der Waals surface area contributed by atoms with Crippen molar-refractivity contribution < 1.29 is 4.74 Å². The summed E-state index contributed by atoms with van der Waals surface area (Å²) < 4.78 is 5.75. The van der Waals surface area contributed by atoms with E-state index in [-0.39, 0.29) is 5.60 Å². The van der Waals surface area contributed by atoms with Crippen molar-refractivity contribution in [3.8, 4) is 0 Å². The van der Waals surface area contributed by atoms with Crippen molar-refractivity contribution in [1.29, 1.82) is 0 Å². The predicted molar refractivity (Wildman–Crippen MR) is 89.2 cm³/mol. The number of benzene rings is 1. The second-order valence-electron chi connectivity index (χ2n) is 6.50. The topological polar surface area (TPSA) is 50.3 Å². The van der Waals surface area contributed by atoms with Crippen LogP contribution in [0.25, 0.3) is 10.9 Å².